The summed E-state index contributed by atoms with van der Waals surface area (Å²) < 4.78 is 6.67. The molecule has 1 N–H and O–H groups in total. The third-order valence-corrected chi connectivity index (χ3v) is 3.63. The number of benzene rings is 2. The zero-order valence-corrected chi connectivity index (χ0v) is 12.2. The molecule has 1 heterocycles. The van der Waals surface area contributed by atoms with Crippen molar-refractivity contribution in [2.45, 2.75) is 6.61 Å². The Hall–Kier alpha value is -1.91. The summed E-state index contributed by atoms with van der Waals surface area (Å²) in [6.07, 6.45) is 0. The van der Waals surface area contributed by atoms with Crippen molar-refractivity contribution in [1.82, 2.24) is 4.98 Å². The first-order valence-corrected chi connectivity index (χ1v) is 6.99. The van der Waals surface area contributed by atoms with Crippen LogP contribution < -0.4 is 4.74 Å². The van der Waals surface area contributed by atoms with Crippen molar-refractivity contribution in [2.75, 3.05) is 0 Å². The molecule has 0 aliphatic rings. The number of aliphatic hydroxyl groups is 1. The SMILES string of the molecule is OCc1cc2ccccc2nc1Oc1ccccc1Br. The van der Waals surface area contributed by atoms with Crippen LogP contribution in [0, 0.1) is 0 Å². The number of hydrogen-bond donors (Lipinski definition) is 1. The van der Waals surface area contributed by atoms with Gasteiger partial charge in [0.1, 0.15) is 5.75 Å². The van der Waals surface area contributed by atoms with Gasteiger partial charge in [-0.1, -0.05) is 30.3 Å². The summed E-state index contributed by atoms with van der Waals surface area (Å²) in [4.78, 5) is 4.48. The Morgan fingerprint density at radius 2 is 1.80 bits per heavy atom. The molecule has 0 unspecified atom stereocenters. The molecule has 2 aromatic carbocycles. The van der Waals surface area contributed by atoms with Crippen molar-refractivity contribution in [3.63, 3.8) is 0 Å². The lowest BCUT2D eigenvalue weighted by atomic mass is 10.1. The zero-order chi connectivity index (χ0) is 13.9. The van der Waals surface area contributed by atoms with Gasteiger partial charge in [-0.05, 0) is 40.2 Å². The summed E-state index contributed by atoms with van der Waals surface area (Å²) in [5, 5.41) is 10.5. The number of fused-ring (bicyclic) bond motifs is 1. The number of halogens is 1. The van der Waals surface area contributed by atoms with Crippen LogP contribution in [0.25, 0.3) is 10.9 Å². The normalized spacial score (nSPS) is 10.7. The third kappa shape index (κ3) is 2.53. The Kier molecular flexibility index (Phi) is 3.67. The molecular weight excluding hydrogens is 318 g/mol. The third-order valence-electron chi connectivity index (χ3n) is 2.98. The minimum atomic E-state index is -0.113. The average molecular weight is 330 g/mol. The van der Waals surface area contributed by atoms with Crippen molar-refractivity contribution in [3.8, 4) is 11.6 Å². The molecule has 20 heavy (non-hydrogen) atoms. The molecule has 3 rings (SSSR count). The molecule has 4 heteroatoms. The molecule has 0 aliphatic carbocycles. The molecule has 3 aromatic rings. The van der Waals surface area contributed by atoms with Gasteiger partial charge >= 0.3 is 0 Å². The topological polar surface area (TPSA) is 42.4 Å². The molecule has 0 atom stereocenters. The average Bonchev–Trinajstić information content (AvgIpc) is 2.49. The lowest BCUT2D eigenvalue weighted by molar-refractivity contribution is 0.275. The van der Waals surface area contributed by atoms with E-state index in [1.165, 1.54) is 0 Å². The predicted molar refractivity (Wildman–Crippen MR) is 81.9 cm³/mol. The van der Waals surface area contributed by atoms with Crippen LogP contribution in [-0.4, -0.2) is 10.1 Å². The maximum absolute atomic E-state index is 9.49. The highest BCUT2D eigenvalue weighted by atomic mass is 79.9. The van der Waals surface area contributed by atoms with Crippen molar-refractivity contribution in [2.24, 2.45) is 0 Å². The highest BCUT2D eigenvalue weighted by molar-refractivity contribution is 9.10. The first kappa shape index (κ1) is 13.1. The van der Waals surface area contributed by atoms with Gasteiger partial charge in [0.05, 0.1) is 16.6 Å². The highest BCUT2D eigenvalue weighted by Crippen LogP contribution is 2.31. The minimum absolute atomic E-state index is 0.113. The molecular formula is C16H12BrNO2. The number of para-hydroxylation sites is 2. The van der Waals surface area contributed by atoms with Crippen LogP contribution in [-0.2, 0) is 6.61 Å². The summed E-state index contributed by atoms with van der Waals surface area (Å²) in [6, 6.07) is 17.2. The predicted octanol–water partition coefficient (Wildman–Crippen LogP) is 4.28. The second kappa shape index (κ2) is 5.61. The standard InChI is InChI=1S/C16H12BrNO2/c17-13-6-2-4-8-15(13)20-16-12(10-19)9-11-5-1-3-7-14(11)18-16/h1-9,19H,10H2. The Morgan fingerprint density at radius 1 is 1.05 bits per heavy atom. The first-order chi connectivity index (χ1) is 9.78. The summed E-state index contributed by atoms with van der Waals surface area (Å²) in [7, 11) is 0. The zero-order valence-electron chi connectivity index (χ0n) is 10.6. The maximum Gasteiger partial charge on any atom is 0.225 e. The lowest BCUT2D eigenvalue weighted by Gasteiger charge is -2.11. The largest absolute Gasteiger partial charge is 0.437 e. The fourth-order valence-corrected chi connectivity index (χ4v) is 2.34. The van der Waals surface area contributed by atoms with E-state index in [9.17, 15) is 5.11 Å². The molecule has 1 aromatic heterocycles. The Labute approximate surface area is 125 Å². The molecule has 0 bridgehead atoms. The second-order valence-corrected chi connectivity index (χ2v) is 5.19. The van der Waals surface area contributed by atoms with Crippen molar-refractivity contribution < 1.29 is 9.84 Å². The van der Waals surface area contributed by atoms with Crippen molar-refractivity contribution in [3.05, 3.63) is 64.6 Å². The summed E-state index contributed by atoms with van der Waals surface area (Å²) in [6.45, 7) is -0.113. The van der Waals surface area contributed by atoms with Crippen LogP contribution in [0.5, 0.6) is 11.6 Å². The van der Waals surface area contributed by atoms with Crippen LogP contribution in [0.4, 0.5) is 0 Å². The number of rotatable bonds is 3. The van der Waals surface area contributed by atoms with E-state index in [1.807, 2.05) is 54.6 Å². The van der Waals surface area contributed by atoms with Gasteiger partial charge in [-0.15, -0.1) is 0 Å². The van der Waals surface area contributed by atoms with E-state index < -0.39 is 0 Å². The Morgan fingerprint density at radius 3 is 2.60 bits per heavy atom. The molecule has 0 saturated carbocycles. The number of aliphatic hydroxyl groups excluding tert-OH is 1. The monoisotopic (exact) mass is 329 g/mol. The summed E-state index contributed by atoms with van der Waals surface area (Å²) >= 11 is 3.43. The van der Waals surface area contributed by atoms with E-state index in [-0.39, 0.29) is 6.61 Å². The highest BCUT2D eigenvalue weighted by Gasteiger charge is 2.10. The van der Waals surface area contributed by atoms with E-state index >= 15 is 0 Å². The molecule has 100 valence electrons. The summed E-state index contributed by atoms with van der Waals surface area (Å²) in [5.74, 6) is 1.10. The van der Waals surface area contributed by atoms with Crippen molar-refractivity contribution in [1.29, 1.82) is 0 Å². The number of pyridine rings is 1. The van der Waals surface area contributed by atoms with Gasteiger partial charge in [-0.2, -0.15) is 0 Å². The van der Waals surface area contributed by atoms with Crippen LogP contribution in [0.15, 0.2) is 59.1 Å². The number of nitrogens with zero attached hydrogens (tertiary/aromatic N) is 1. The number of aromatic nitrogens is 1. The summed E-state index contributed by atoms with van der Waals surface area (Å²) in [5.41, 5.74) is 1.51. The minimum Gasteiger partial charge on any atom is -0.437 e. The van der Waals surface area contributed by atoms with E-state index in [1.54, 1.807) is 0 Å². The first-order valence-electron chi connectivity index (χ1n) is 6.20. The van der Waals surface area contributed by atoms with Gasteiger partial charge < -0.3 is 9.84 Å². The van der Waals surface area contributed by atoms with E-state index in [0.717, 1.165) is 15.4 Å². The van der Waals surface area contributed by atoms with Crippen LogP contribution in [0.3, 0.4) is 0 Å². The van der Waals surface area contributed by atoms with Crippen molar-refractivity contribution >= 4 is 26.8 Å². The van der Waals surface area contributed by atoms with Gasteiger partial charge in [0, 0.05) is 10.9 Å². The van der Waals surface area contributed by atoms with Gasteiger partial charge in [0.2, 0.25) is 5.88 Å². The van der Waals surface area contributed by atoms with Crippen LogP contribution in [0.2, 0.25) is 0 Å². The van der Waals surface area contributed by atoms with Crippen LogP contribution in [0.1, 0.15) is 5.56 Å². The molecule has 0 aliphatic heterocycles. The Balaban J connectivity index is 2.08. The molecule has 0 fully saturated rings. The van der Waals surface area contributed by atoms with E-state index in [0.29, 0.717) is 17.2 Å². The number of hydrogen-bond acceptors (Lipinski definition) is 3. The maximum atomic E-state index is 9.49. The Bertz CT molecular complexity index is 758. The van der Waals surface area contributed by atoms with E-state index in [2.05, 4.69) is 20.9 Å². The van der Waals surface area contributed by atoms with Gasteiger partial charge in [-0.3, -0.25) is 0 Å². The lowest BCUT2D eigenvalue weighted by Crippen LogP contribution is -1.96. The van der Waals surface area contributed by atoms with Gasteiger partial charge in [0.15, 0.2) is 0 Å². The second-order valence-electron chi connectivity index (χ2n) is 4.34. The smallest absolute Gasteiger partial charge is 0.225 e. The molecule has 3 nitrogen and oxygen atoms in total. The molecule has 0 amide bonds. The fourth-order valence-electron chi connectivity index (χ4n) is 1.98. The number of ether oxygens (including phenoxy) is 1. The van der Waals surface area contributed by atoms with Gasteiger partial charge in [-0.25, -0.2) is 4.98 Å². The molecule has 0 radical (unpaired) electrons. The van der Waals surface area contributed by atoms with Crippen LogP contribution >= 0.6 is 15.9 Å². The quantitative estimate of drug-likeness (QED) is 0.779. The fraction of sp³-hybridized carbons (Fsp3) is 0.0625. The van der Waals surface area contributed by atoms with Gasteiger partial charge in [0.25, 0.3) is 0 Å². The van der Waals surface area contributed by atoms with E-state index in [4.69, 9.17) is 4.74 Å². The molecule has 0 spiro atoms. The molecule has 0 saturated heterocycles.